The molecule has 1 atom stereocenters. The maximum atomic E-state index is 5.42. The van der Waals surface area contributed by atoms with Crippen molar-refractivity contribution in [1.29, 1.82) is 0 Å². The number of likely N-dealkylation sites (N-methyl/N-ethyl adjacent to an activating group) is 1. The average molecular weight is 362 g/mol. The number of para-hydroxylation sites is 1. The number of aliphatic imine (C=N–C) groups is 1. The highest BCUT2D eigenvalue weighted by atomic mass is 16.5. The van der Waals surface area contributed by atoms with Crippen LogP contribution in [0.3, 0.4) is 0 Å². The molecular formula is C20H35N5O. The lowest BCUT2D eigenvalue weighted by molar-refractivity contribution is 0.0900. The van der Waals surface area contributed by atoms with Crippen molar-refractivity contribution in [2.45, 2.75) is 26.4 Å². The standard InChI is InChI=1S/C20H35N5O/c1-16(2)18(25-12-10-24(4)11-13-25)15-23-20(21-3)22-14-17-8-6-7-9-19(17)26-5/h6-9,16,18H,10-15H2,1-5H3,(H2,21,22,23). The quantitative estimate of drug-likeness (QED) is 0.571. The maximum Gasteiger partial charge on any atom is 0.191 e. The third kappa shape index (κ3) is 5.88. The first-order valence-electron chi connectivity index (χ1n) is 9.54. The molecule has 0 bridgehead atoms. The van der Waals surface area contributed by atoms with Gasteiger partial charge in [-0.1, -0.05) is 32.0 Å². The fourth-order valence-electron chi connectivity index (χ4n) is 3.39. The zero-order valence-corrected chi connectivity index (χ0v) is 17.0. The van der Waals surface area contributed by atoms with Gasteiger partial charge < -0.3 is 20.3 Å². The van der Waals surface area contributed by atoms with Gasteiger partial charge in [-0.25, -0.2) is 0 Å². The molecule has 0 amide bonds. The van der Waals surface area contributed by atoms with E-state index in [0.717, 1.165) is 50.0 Å². The van der Waals surface area contributed by atoms with Crippen molar-refractivity contribution < 1.29 is 4.74 Å². The SMILES string of the molecule is CN=C(NCc1ccccc1OC)NCC(C(C)C)N1CCN(C)CC1. The van der Waals surface area contributed by atoms with Gasteiger partial charge in [-0.2, -0.15) is 0 Å². The zero-order chi connectivity index (χ0) is 18.9. The van der Waals surface area contributed by atoms with Crippen LogP contribution in [0.2, 0.25) is 0 Å². The molecule has 1 heterocycles. The second-order valence-electron chi connectivity index (χ2n) is 7.27. The molecule has 2 rings (SSSR count). The minimum Gasteiger partial charge on any atom is -0.496 e. The molecule has 6 heteroatoms. The van der Waals surface area contributed by atoms with Gasteiger partial charge in [-0.3, -0.25) is 9.89 Å². The van der Waals surface area contributed by atoms with Gasteiger partial charge >= 0.3 is 0 Å². The number of hydrogen-bond donors (Lipinski definition) is 2. The lowest BCUT2D eigenvalue weighted by atomic mass is 10.0. The van der Waals surface area contributed by atoms with Crippen LogP contribution in [-0.2, 0) is 6.54 Å². The molecule has 1 aliphatic rings. The van der Waals surface area contributed by atoms with Gasteiger partial charge in [0.05, 0.1) is 7.11 Å². The highest BCUT2D eigenvalue weighted by Gasteiger charge is 2.25. The van der Waals surface area contributed by atoms with Gasteiger partial charge in [0.15, 0.2) is 5.96 Å². The van der Waals surface area contributed by atoms with Crippen molar-refractivity contribution in [2.24, 2.45) is 10.9 Å². The molecule has 1 aromatic carbocycles. The van der Waals surface area contributed by atoms with Crippen LogP contribution >= 0.6 is 0 Å². The van der Waals surface area contributed by atoms with E-state index in [1.54, 1.807) is 7.11 Å². The van der Waals surface area contributed by atoms with E-state index in [-0.39, 0.29) is 0 Å². The van der Waals surface area contributed by atoms with Gasteiger partial charge in [0.25, 0.3) is 0 Å². The summed E-state index contributed by atoms with van der Waals surface area (Å²) in [5.41, 5.74) is 1.12. The topological polar surface area (TPSA) is 52.1 Å². The van der Waals surface area contributed by atoms with Crippen LogP contribution in [0.4, 0.5) is 0 Å². The number of methoxy groups -OCH3 is 1. The number of rotatable bonds is 7. The third-order valence-electron chi connectivity index (χ3n) is 5.12. The number of piperazine rings is 1. The minimum absolute atomic E-state index is 0.508. The van der Waals surface area contributed by atoms with E-state index in [2.05, 4.69) is 52.4 Å². The van der Waals surface area contributed by atoms with Crippen LogP contribution in [-0.4, -0.2) is 75.7 Å². The summed E-state index contributed by atoms with van der Waals surface area (Å²) in [6, 6.07) is 8.57. The number of nitrogens with one attached hydrogen (secondary N) is 2. The number of ether oxygens (including phenoxy) is 1. The summed E-state index contributed by atoms with van der Waals surface area (Å²) in [5.74, 6) is 2.32. The Bertz CT molecular complexity index is 567. The molecule has 0 radical (unpaired) electrons. The highest BCUT2D eigenvalue weighted by Crippen LogP contribution is 2.16. The maximum absolute atomic E-state index is 5.42. The van der Waals surface area contributed by atoms with Crippen LogP contribution in [0.25, 0.3) is 0 Å². The summed E-state index contributed by atoms with van der Waals surface area (Å²) in [7, 11) is 5.72. The lowest BCUT2D eigenvalue weighted by Gasteiger charge is -2.40. The molecule has 1 saturated heterocycles. The molecule has 0 saturated carbocycles. The average Bonchev–Trinajstić information content (AvgIpc) is 2.65. The Morgan fingerprint density at radius 1 is 1.15 bits per heavy atom. The first kappa shape index (κ1) is 20.5. The molecule has 26 heavy (non-hydrogen) atoms. The second kappa shape index (κ2) is 10.4. The summed E-state index contributed by atoms with van der Waals surface area (Å²) in [6.45, 7) is 10.7. The van der Waals surface area contributed by atoms with Crippen molar-refractivity contribution >= 4 is 5.96 Å². The van der Waals surface area contributed by atoms with E-state index in [9.17, 15) is 0 Å². The van der Waals surface area contributed by atoms with Gasteiger partial charge in [0, 0.05) is 57.9 Å². The molecule has 6 nitrogen and oxygen atoms in total. The minimum atomic E-state index is 0.508. The van der Waals surface area contributed by atoms with Crippen LogP contribution in [0.15, 0.2) is 29.3 Å². The number of benzene rings is 1. The molecule has 0 aliphatic carbocycles. The predicted octanol–water partition coefficient (Wildman–Crippen LogP) is 1.63. The molecular weight excluding hydrogens is 326 g/mol. The molecule has 146 valence electrons. The summed E-state index contributed by atoms with van der Waals surface area (Å²) < 4.78 is 5.42. The Morgan fingerprint density at radius 2 is 1.85 bits per heavy atom. The molecule has 0 spiro atoms. The Hall–Kier alpha value is -1.79. The lowest BCUT2D eigenvalue weighted by Crippen LogP contribution is -2.55. The number of hydrogen-bond acceptors (Lipinski definition) is 4. The smallest absolute Gasteiger partial charge is 0.191 e. The first-order chi connectivity index (χ1) is 12.5. The molecule has 1 fully saturated rings. The summed E-state index contributed by atoms with van der Waals surface area (Å²) in [4.78, 5) is 9.37. The number of nitrogens with zero attached hydrogens (tertiary/aromatic N) is 3. The van der Waals surface area contributed by atoms with E-state index in [1.165, 1.54) is 0 Å². The van der Waals surface area contributed by atoms with Crippen LogP contribution in [0.1, 0.15) is 19.4 Å². The van der Waals surface area contributed by atoms with Crippen molar-refractivity contribution in [2.75, 3.05) is 53.9 Å². The van der Waals surface area contributed by atoms with Crippen molar-refractivity contribution in [1.82, 2.24) is 20.4 Å². The Labute approximate surface area is 158 Å². The Balaban J connectivity index is 1.88. The largest absolute Gasteiger partial charge is 0.496 e. The van der Waals surface area contributed by atoms with Crippen molar-refractivity contribution in [3.8, 4) is 5.75 Å². The monoisotopic (exact) mass is 361 g/mol. The zero-order valence-electron chi connectivity index (χ0n) is 17.0. The summed E-state index contributed by atoms with van der Waals surface area (Å²) in [6.07, 6.45) is 0. The van der Waals surface area contributed by atoms with E-state index in [4.69, 9.17) is 4.74 Å². The van der Waals surface area contributed by atoms with E-state index in [0.29, 0.717) is 18.5 Å². The van der Waals surface area contributed by atoms with Crippen molar-refractivity contribution in [3.05, 3.63) is 29.8 Å². The molecule has 1 unspecified atom stereocenters. The normalized spacial score (nSPS) is 18.0. The fourth-order valence-corrected chi connectivity index (χ4v) is 3.39. The van der Waals surface area contributed by atoms with Gasteiger partial charge in [0.2, 0.25) is 0 Å². The van der Waals surface area contributed by atoms with E-state index in [1.807, 2.05) is 25.2 Å². The van der Waals surface area contributed by atoms with Crippen LogP contribution in [0.5, 0.6) is 5.75 Å². The fraction of sp³-hybridized carbons (Fsp3) is 0.650. The predicted molar refractivity (Wildman–Crippen MR) is 109 cm³/mol. The summed E-state index contributed by atoms with van der Waals surface area (Å²) >= 11 is 0. The Morgan fingerprint density at radius 3 is 2.46 bits per heavy atom. The van der Waals surface area contributed by atoms with Gasteiger partial charge in [-0.05, 0) is 19.0 Å². The molecule has 1 aromatic rings. The molecule has 1 aliphatic heterocycles. The second-order valence-corrected chi connectivity index (χ2v) is 7.27. The first-order valence-corrected chi connectivity index (χ1v) is 9.54. The van der Waals surface area contributed by atoms with Crippen molar-refractivity contribution in [3.63, 3.8) is 0 Å². The van der Waals surface area contributed by atoms with E-state index < -0.39 is 0 Å². The number of guanidine groups is 1. The molecule has 2 N–H and O–H groups in total. The third-order valence-corrected chi connectivity index (χ3v) is 5.12. The van der Waals surface area contributed by atoms with Gasteiger partial charge in [0.1, 0.15) is 5.75 Å². The highest BCUT2D eigenvalue weighted by molar-refractivity contribution is 5.79. The van der Waals surface area contributed by atoms with Crippen LogP contribution < -0.4 is 15.4 Å². The molecule has 0 aromatic heterocycles. The summed E-state index contributed by atoms with van der Waals surface area (Å²) in [5, 5.41) is 6.91. The van der Waals surface area contributed by atoms with Crippen LogP contribution in [0, 0.1) is 5.92 Å². The van der Waals surface area contributed by atoms with E-state index >= 15 is 0 Å². The Kier molecular flexibility index (Phi) is 8.19. The van der Waals surface area contributed by atoms with Gasteiger partial charge in [-0.15, -0.1) is 0 Å².